The van der Waals surface area contributed by atoms with Crippen LogP contribution in [0.5, 0.6) is 0 Å². The minimum absolute atomic E-state index is 0.0452. The molecule has 0 saturated carbocycles. The first kappa shape index (κ1) is 18.1. The predicted octanol–water partition coefficient (Wildman–Crippen LogP) is 0.579. The van der Waals surface area contributed by atoms with Crippen molar-refractivity contribution in [2.24, 2.45) is 11.8 Å². The summed E-state index contributed by atoms with van der Waals surface area (Å²) in [7, 11) is -3.42. The van der Waals surface area contributed by atoms with Crippen LogP contribution in [0.3, 0.4) is 0 Å². The van der Waals surface area contributed by atoms with Crippen molar-refractivity contribution in [3.8, 4) is 0 Å². The van der Waals surface area contributed by atoms with Gasteiger partial charge in [-0.25, -0.2) is 0 Å². The van der Waals surface area contributed by atoms with Crippen molar-refractivity contribution in [2.45, 2.75) is 51.6 Å². The Labute approximate surface area is 144 Å². The maximum absolute atomic E-state index is 12.7. The molecule has 3 atom stereocenters. The van der Waals surface area contributed by atoms with Crippen LogP contribution in [0, 0.1) is 11.8 Å². The molecule has 3 heterocycles. The van der Waals surface area contributed by atoms with Crippen molar-refractivity contribution in [1.29, 1.82) is 0 Å². The number of hydrogen-bond acceptors (Lipinski definition) is 5. The zero-order valence-corrected chi connectivity index (χ0v) is 15.4. The van der Waals surface area contributed by atoms with Gasteiger partial charge in [0.1, 0.15) is 6.04 Å². The molecule has 3 aliphatic rings. The van der Waals surface area contributed by atoms with E-state index in [0.29, 0.717) is 31.5 Å². The molecule has 0 spiro atoms. The summed E-state index contributed by atoms with van der Waals surface area (Å²) in [6.07, 6.45) is 3.31. The van der Waals surface area contributed by atoms with Crippen molar-refractivity contribution in [2.75, 3.05) is 32.8 Å². The van der Waals surface area contributed by atoms with Gasteiger partial charge in [0.2, 0.25) is 0 Å². The Balaban J connectivity index is 1.52. The molecule has 8 heteroatoms. The molecule has 3 saturated heterocycles. The highest BCUT2D eigenvalue weighted by Crippen LogP contribution is 2.24. The number of nitrogens with one attached hydrogen (secondary N) is 1. The molecule has 0 unspecified atom stereocenters. The van der Waals surface area contributed by atoms with Gasteiger partial charge in [-0.3, -0.25) is 9.69 Å². The quantitative estimate of drug-likeness (QED) is 0.743. The summed E-state index contributed by atoms with van der Waals surface area (Å²) in [6, 6.07) is -0.178. The molecular weight excluding hydrogens is 330 g/mol. The molecule has 3 fully saturated rings. The Hall–Kier alpha value is -0.700. The molecular formula is C16H29N3O4S. The number of carbonyl (C=O) groups is 1. The minimum Gasteiger partial charge on any atom is -0.464 e. The van der Waals surface area contributed by atoms with E-state index in [1.54, 1.807) is 4.31 Å². The Morgan fingerprint density at radius 2 is 1.71 bits per heavy atom. The summed E-state index contributed by atoms with van der Waals surface area (Å²) in [5, 5.41) is 0. The highest BCUT2D eigenvalue weighted by Gasteiger charge is 2.36. The third-order valence-corrected chi connectivity index (χ3v) is 6.98. The zero-order chi connectivity index (χ0) is 17.3. The van der Waals surface area contributed by atoms with Gasteiger partial charge in [-0.1, -0.05) is 13.8 Å². The third kappa shape index (κ3) is 4.09. The van der Waals surface area contributed by atoms with E-state index in [1.165, 1.54) is 0 Å². The van der Waals surface area contributed by atoms with Crippen LogP contribution < -0.4 is 4.72 Å². The summed E-state index contributed by atoms with van der Waals surface area (Å²) in [4.78, 5) is 13.8. The molecule has 0 aromatic carbocycles. The van der Waals surface area contributed by atoms with Gasteiger partial charge in [0.25, 0.3) is 10.2 Å². The Morgan fingerprint density at radius 3 is 2.25 bits per heavy atom. The molecule has 3 rings (SSSR count). The summed E-state index contributed by atoms with van der Waals surface area (Å²) >= 11 is 0. The maximum atomic E-state index is 12.7. The predicted molar refractivity (Wildman–Crippen MR) is 90.5 cm³/mol. The van der Waals surface area contributed by atoms with Crippen molar-refractivity contribution < 1.29 is 17.9 Å². The number of carbonyl (C=O) groups excluding carboxylic acids is 1. The van der Waals surface area contributed by atoms with Crippen LogP contribution in [0.25, 0.3) is 0 Å². The van der Waals surface area contributed by atoms with Crippen molar-refractivity contribution in [1.82, 2.24) is 13.9 Å². The molecule has 0 aromatic rings. The molecule has 0 aromatic heterocycles. The van der Waals surface area contributed by atoms with E-state index >= 15 is 0 Å². The average Bonchev–Trinajstić information content (AvgIpc) is 2.93. The Kier molecular flexibility index (Phi) is 5.48. The smallest absolute Gasteiger partial charge is 0.323 e. The monoisotopic (exact) mass is 359 g/mol. The van der Waals surface area contributed by atoms with Crippen LogP contribution in [-0.4, -0.2) is 68.5 Å². The van der Waals surface area contributed by atoms with Crippen LogP contribution in [0.1, 0.15) is 39.5 Å². The second-order valence-corrected chi connectivity index (χ2v) is 9.37. The van der Waals surface area contributed by atoms with Gasteiger partial charge < -0.3 is 4.74 Å². The SMILES string of the molecule is C[C@@H]1C[C@H](C)CN(S(=O)(=O)NC2CCN([C@@H]3CCOC3=O)CC2)C1. The Morgan fingerprint density at radius 1 is 1.08 bits per heavy atom. The molecule has 138 valence electrons. The zero-order valence-electron chi connectivity index (χ0n) is 14.6. The van der Waals surface area contributed by atoms with Crippen LogP contribution >= 0.6 is 0 Å². The first-order chi connectivity index (χ1) is 11.3. The van der Waals surface area contributed by atoms with Gasteiger partial charge in [-0.2, -0.15) is 17.4 Å². The Bertz CT molecular complexity index is 550. The van der Waals surface area contributed by atoms with E-state index < -0.39 is 10.2 Å². The number of rotatable bonds is 4. The van der Waals surface area contributed by atoms with Gasteiger partial charge >= 0.3 is 5.97 Å². The van der Waals surface area contributed by atoms with Gasteiger partial charge in [0.15, 0.2) is 0 Å². The topological polar surface area (TPSA) is 79.0 Å². The molecule has 0 amide bonds. The van der Waals surface area contributed by atoms with Gasteiger partial charge in [-0.05, 0) is 31.1 Å². The first-order valence-corrected chi connectivity index (χ1v) is 10.5. The lowest BCUT2D eigenvalue weighted by Crippen LogP contribution is -2.54. The average molecular weight is 359 g/mol. The molecule has 1 N–H and O–H groups in total. The van der Waals surface area contributed by atoms with E-state index in [4.69, 9.17) is 4.74 Å². The summed E-state index contributed by atoms with van der Waals surface area (Å²) < 4.78 is 34.8. The molecule has 3 aliphatic heterocycles. The normalized spacial score (nSPS) is 34.4. The largest absolute Gasteiger partial charge is 0.464 e. The number of nitrogens with zero attached hydrogens (tertiary/aromatic N) is 2. The number of piperidine rings is 2. The van der Waals surface area contributed by atoms with E-state index in [0.717, 1.165) is 38.8 Å². The lowest BCUT2D eigenvalue weighted by atomic mass is 9.94. The molecule has 0 radical (unpaired) electrons. The van der Waals surface area contributed by atoms with Crippen LogP contribution in [-0.2, 0) is 19.7 Å². The van der Waals surface area contributed by atoms with Gasteiger partial charge in [0, 0.05) is 38.6 Å². The highest BCUT2D eigenvalue weighted by molar-refractivity contribution is 7.87. The third-order valence-electron chi connectivity index (χ3n) is 5.37. The number of ether oxygens (including phenoxy) is 1. The van der Waals surface area contributed by atoms with E-state index in [9.17, 15) is 13.2 Å². The summed E-state index contributed by atoms with van der Waals surface area (Å²) in [5.74, 6) is 0.673. The summed E-state index contributed by atoms with van der Waals surface area (Å²) in [6.45, 7) is 7.40. The van der Waals surface area contributed by atoms with Gasteiger partial charge in [-0.15, -0.1) is 0 Å². The fourth-order valence-electron chi connectivity index (χ4n) is 4.23. The number of likely N-dealkylation sites (tertiary alicyclic amines) is 1. The molecule has 0 bridgehead atoms. The molecule has 24 heavy (non-hydrogen) atoms. The van der Waals surface area contributed by atoms with Crippen LogP contribution in [0.2, 0.25) is 0 Å². The maximum Gasteiger partial charge on any atom is 0.323 e. The second-order valence-electron chi connectivity index (χ2n) is 7.67. The molecule has 0 aliphatic carbocycles. The number of hydrogen-bond donors (Lipinski definition) is 1. The fraction of sp³-hybridized carbons (Fsp3) is 0.938. The van der Waals surface area contributed by atoms with Gasteiger partial charge in [0.05, 0.1) is 6.61 Å². The van der Waals surface area contributed by atoms with Crippen molar-refractivity contribution in [3.63, 3.8) is 0 Å². The van der Waals surface area contributed by atoms with E-state index in [1.807, 2.05) is 0 Å². The minimum atomic E-state index is -3.42. The lowest BCUT2D eigenvalue weighted by molar-refractivity contribution is -0.142. The number of esters is 1. The second kappa shape index (κ2) is 7.27. The summed E-state index contributed by atoms with van der Waals surface area (Å²) in [5.41, 5.74) is 0. The van der Waals surface area contributed by atoms with E-state index in [-0.39, 0.29) is 18.1 Å². The highest BCUT2D eigenvalue weighted by atomic mass is 32.2. The van der Waals surface area contributed by atoms with E-state index in [2.05, 4.69) is 23.5 Å². The first-order valence-electron chi connectivity index (χ1n) is 9.03. The lowest BCUT2D eigenvalue weighted by Gasteiger charge is -2.37. The van der Waals surface area contributed by atoms with Crippen molar-refractivity contribution >= 4 is 16.2 Å². The standard InChI is InChI=1S/C16H29N3O4S/c1-12-9-13(2)11-19(10-12)24(21,22)17-14-3-6-18(7-4-14)15-5-8-23-16(15)20/h12-15,17H,3-11H2,1-2H3/t12-,13+,15-/m1/s1. The fourth-order valence-corrected chi connectivity index (χ4v) is 5.94. The molecule has 7 nitrogen and oxygen atoms in total. The van der Waals surface area contributed by atoms with Crippen LogP contribution in [0.15, 0.2) is 0 Å². The number of cyclic esters (lactones) is 1. The van der Waals surface area contributed by atoms with Crippen LogP contribution in [0.4, 0.5) is 0 Å². The van der Waals surface area contributed by atoms with Crippen molar-refractivity contribution in [3.05, 3.63) is 0 Å².